The highest BCUT2D eigenvalue weighted by atomic mass is 19.2. The lowest BCUT2D eigenvalue weighted by Gasteiger charge is -2.14. The van der Waals surface area contributed by atoms with Gasteiger partial charge >= 0.3 is 0 Å². The molecule has 0 saturated carbocycles. The molecule has 0 fully saturated rings. The van der Waals surface area contributed by atoms with E-state index in [9.17, 15) is 13.2 Å². The standard InChI is InChI=1S/C10H12F3NO/c1-3-8(14)15-7-4-6(11)5(2)9(12)10(7)13/h4,8H,3,14H2,1-2H3. The second kappa shape index (κ2) is 4.53. The van der Waals surface area contributed by atoms with Gasteiger partial charge in [-0.15, -0.1) is 0 Å². The predicted molar refractivity (Wildman–Crippen MR) is 49.9 cm³/mol. The average molecular weight is 219 g/mol. The van der Waals surface area contributed by atoms with Crippen LogP contribution < -0.4 is 10.5 Å². The van der Waals surface area contributed by atoms with E-state index < -0.39 is 29.4 Å². The highest BCUT2D eigenvalue weighted by molar-refractivity contribution is 5.31. The fraction of sp³-hybridized carbons (Fsp3) is 0.400. The molecule has 5 heteroatoms. The average Bonchev–Trinajstić information content (AvgIpc) is 2.22. The van der Waals surface area contributed by atoms with E-state index in [-0.39, 0.29) is 5.56 Å². The molecular formula is C10H12F3NO. The SMILES string of the molecule is CCC(N)Oc1cc(F)c(C)c(F)c1F. The molecule has 1 atom stereocenters. The zero-order valence-electron chi connectivity index (χ0n) is 8.48. The van der Waals surface area contributed by atoms with Crippen molar-refractivity contribution < 1.29 is 17.9 Å². The van der Waals surface area contributed by atoms with E-state index in [0.29, 0.717) is 6.42 Å². The van der Waals surface area contributed by atoms with Crippen molar-refractivity contribution in [3.8, 4) is 5.75 Å². The summed E-state index contributed by atoms with van der Waals surface area (Å²) in [5, 5.41) is 0. The third-order valence-electron chi connectivity index (χ3n) is 2.04. The molecule has 1 rings (SSSR count). The Bertz CT molecular complexity index is 368. The molecule has 1 aromatic rings. The lowest BCUT2D eigenvalue weighted by Crippen LogP contribution is -2.26. The van der Waals surface area contributed by atoms with Crippen LogP contribution in [0.2, 0.25) is 0 Å². The molecule has 84 valence electrons. The Hall–Kier alpha value is -1.23. The van der Waals surface area contributed by atoms with Crippen LogP contribution in [0.5, 0.6) is 5.75 Å². The highest BCUT2D eigenvalue weighted by Gasteiger charge is 2.18. The van der Waals surface area contributed by atoms with E-state index in [1.54, 1.807) is 6.92 Å². The largest absolute Gasteiger partial charge is 0.472 e. The van der Waals surface area contributed by atoms with Crippen LogP contribution in [0.4, 0.5) is 13.2 Å². The molecule has 0 aliphatic carbocycles. The summed E-state index contributed by atoms with van der Waals surface area (Å²) in [6.07, 6.45) is -0.364. The summed E-state index contributed by atoms with van der Waals surface area (Å²) in [6, 6.07) is 0.795. The van der Waals surface area contributed by atoms with Gasteiger partial charge in [0.2, 0.25) is 5.82 Å². The summed E-state index contributed by atoms with van der Waals surface area (Å²) in [5.41, 5.74) is 5.01. The van der Waals surface area contributed by atoms with Gasteiger partial charge in [0.15, 0.2) is 11.6 Å². The molecule has 15 heavy (non-hydrogen) atoms. The minimum atomic E-state index is -1.24. The van der Waals surface area contributed by atoms with E-state index in [4.69, 9.17) is 10.5 Å². The first-order valence-electron chi connectivity index (χ1n) is 4.53. The van der Waals surface area contributed by atoms with Crippen LogP contribution in [0.25, 0.3) is 0 Å². The van der Waals surface area contributed by atoms with Crippen LogP contribution in [0.3, 0.4) is 0 Å². The molecule has 0 saturated heterocycles. The first-order valence-corrected chi connectivity index (χ1v) is 4.53. The molecule has 0 aliphatic heterocycles. The van der Waals surface area contributed by atoms with Crippen LogP contribution in [0, 0.1) is 24.4 Å². The Labute approximate surface area is 85.8 Å². The number of ether oxygens (including phenoxy) is 1. The number of hydrogen-bond donors (Lipinski definition) is 1. The molecule has 0 aromatic heterocycles. The van der Waals surface area contributed by atoms with Crippen LogP contribution in [0.1, 0.15) is 18.9 Å². The van der Waals surface area contributed by atoms with E-state index >= 15 is 0 Å². The molecule has 2 N–H and O–H groups in total. The third-order valence-corrected chi connectivity index (χ3v) is 2.04. The number of hydrogen-bond acceptors (Lipinski definition) is 2. The van der Waals surface area contributed by atoms with Crippen molar-refractivity contribution in [2.75, 3.05) is 0 Å². The Kier molecular flexibility index (Phi) is 3.57. The van der Waals surface area contributed by atoms with Crippen LogP contribution in [-0.2, 0) is 0 Å². The van der Waals surface area contributed by atoms with E-state index in [1.807, 2.05) is 0 Å². The zero-order valence-corrected chi connectivity index (χ0v) is 8.48. The van der Waals surface area contributed by atoms with Gasteiger partial charge in [0.1, 0.15) is 12.0 Å². The van der Waals surface area contributed by atoms with Crippen molar-refractivity contribution in [1.29, 1.82) is 0 Å². The normalized spacial score (nSPS) is 12.7. The van der Waals surface area contributed by atoms with Gasteiger partial charge in [-0.05, 0) is 13.3 Å². The molecule has 1 aromatic carbocycles. The van der Waals surface area contributed by atoms with Crippen LogP contribution in [0.15, 0.2) is 6.07 Å². The first-order chi connectivity index (χ1) is 6.97. The second-order valence-corrected chi connectivity index (χ2v) is 3.17. The maximum absolute atomic E-state index is 13.2. The van der Waals surface area contributed by atoms with E-state index in [0.717, 1.165) is 13.0 Å². The Morgan fingerprint density at radius 3 is 2.47 bits per heavy atom. The lowest BCUT2D eigenvalue weighted by molar-refractivity contribution is 0.192. The van der Waals surface area contributed by atoms with Crippen molar-refractivity contribution in [3.05, 3.63) is 29.1 Å². The van der Waals surface area contributed by atoms with Crippen molar-refractivity contribution in [2.45, 2.75) is 26.5 Å². The molecular weight excluding hydrogens is 207 g/mol. The number of nitrogens with two attached hydrogens (primary N) is 1. The molecule has 0 spiro atoms. The smallest absolute Gasteiger partial charge is 0.201 e. The fourth-order valence-electron chi connectivity index (χ4n) is 0.997. The maximum Gasteiger partial charge on any atom is 0.201 e. The first kappa shape index (κ1) is 11.8. The summed E-state index contributed by atoms with van der Waals surface area (Å²) < 4.78 is 44.2. The summed E-state index contributed by atoms with van der Waals surface area (Å²) in [7, 11) is 0. The Morgan fingerprint density at radius 1 is 1.33 bits per heavy atom. The summed E-state index contributed by atoms with van der Waals surface area (Å²) in [5.74, 6) is -3.80. The zero-order chi connectivity index (χ0) is 11.6. The van der Waals surface area contributed by atoms with Gasteiger partial charge < -0.3 is 4.74 Å². The van der Waals surface area contributed by atoms with Crippen LogP contribution in [-0.4, -0.2) is 6.23 Å². The molecule has 0 heterocycles. The van der Waals surface area contributed by atoms with Crippen molar-refractivity contribution in [1.82, 2.24) is 0 Å². The van der Waals surface area contributed by atoms with Gasteiger partial charge in [-0.1, -0.05) is 6.92 Å². The van der Waals surface area contributed by atoms with Gasteiger partial charge in [-0.25, -0.2) is 8.78 Å². The Morgan fingerprint density at radius 2 is 1.93 bits per heavy atom. The van der Waals surface area contributed by atoms with Gasteiger partial charge in [0.25, 0.3) is 0 Å². The molecule has 1 unspecified atom stereocenters. The van der Waals surface area contributed by atoms with Crippen LogP contribution >= 0.6 is 0 Å². The van der Waals surface area contributed by atoms with E-state index in [1.165, 1.54) is 0 Å². The molecule has 0 bridgehead atoms. The van der Waals surface area contributed by atoms with Crippen molar-refractivity contribution in [2.24, 2.45) is 5.73 Å². The topological polar surface area (TPSA) is 35.2 Å². The summed E-state index contributed by atoms with van der Waals surface area (Å²) >= 11 is 0. The highest BCUT2D eigenvalue weighted by Crippen LogP contribution is 2.25. The predicted octanol–water partition coefficient (Wildman–Crippen LogP) is 2.49. The summed E-state index contributed by atoms with van der Waals surface area (Å²) in [4.78, 5) is 0. The van der Waals surface area contributed by atoms with Gasteiger partial charge in [-0.3, -0.25) is 5.73 Å². The Balaban J connectivity index is 3.09. The summed E-state index contributed by atoms with van der Waals surface area (Å²) in [6.45, 7) is 2.86. The lowest BCUT2D eigenvalue weighted by atomic mass is 10.2. The molecule has 0 amide bonds. The second-order valence-electron chi connectivity index (χ2n) is 3.17. The van der Waals surface area contributed by atoms with Crippen molar-refractivity contribution >= 4 is 0 Å². The van der Waals surface area contributed by atoms with Gasteiger partial charge in [0.05, 0.1) is 0 Å². The minimum Gasteiger partial charge on any atom is -0.472 e. The monoisotopic (exact) mass is 219 g/mol. The third kappa shape index (κ3) is 2.41. The molecule has 2 nitrogen and oxygen atoms in total. The maximum atomic E-state index is 13.2. The number of rotatable bonds is 3. The van der Waals surface area contributed by atoms with Gasteiger partial charge in [-0.2, -0.15) is 4.39 Å². The van der Waals surface area contributed by atoms with E-state index in [2.05, 4.69) is 0 Å². The molecule has 0 radical (unpaired) electrons. The molecule has 0 aliphatic rings. The van der Waals surface area contributed by atoms with Crippen molar-refractivity contribution in [3.63, 3.8) is 0 Å². The quantitative estimate of drug-likeness (QED) is 0.626. The number of benzene rings is 1. The number of halogens is 3. The minimum absolute atomic E-state index is 0.370. The fourth-order valence-corrected chi connectivity index (χ4v) is 0.997. The van der Waals surface area contributed by atoms with Gasteiger partial charge in [0, 0.05) is 11.6 Å².